The molecule has 0 saturated carbocycles. The minimum Gasteiger partial charge on any atom is -0.490 e. The van der Waals surface area contributed by atoms with E-state index in [2.05, 4.69) is 21.2 Å². The first-order valence-electron chi connectivity index (χ1n) is 12.2. The summed E-state index contributed by atoms with van der Waals surface area (Å²) in [5.41, 5.74) is 2.58. The number of hydrogen-bond acceptors (Lipinski definition) is 5. The van der Waals surface area contributed by atoms with Gasteiger partial charge >= 0.3 is 5.97 Å². The normalized spacial score (nSPS) is 10.8. The predicted octanol–water partition coefficient (Wildman–Crippen LogP) is 8.60. The van der Waals surface area contributed by atoms with Crippen LogP contribution < -0.4 is 19.5 Å². The second-order valence-electron chi connectivity index (χ2n) is 8.38. The second-order valence-corrected chi connectivity index (χ2v) is 10.1. The van der Waals surface area contributed by atoms with E-state index < -0.39 is 5.97 Å². The van der Waals surface area contributed by atoms with Crippen LogP contribution in [-0.4, -0.2) is 18.5 Å². The lowest BCUT2D eigenvalue weighted by Gasteiger charge is -2.15. The van der Waals surface area contributed by atoms with Crippen molar-refractivity contribution in [3.63, 3.8) is 0 Å². The van der Waals surface area contributed by atoms with E-state index in [9.17, 15) is 9.59 Å². The molecule has 1 amide bonds. The maximum Gasteiger partial charge on any atom is 0.336 e. The molecule has 0 unspecified atom stereocenters. The highest BCUT2D eigenvalue weighted by Crippen LogP contribution is 2.38. The third kappa shape index (κ3) is 8.11. The molecule has 0 saturated heterocycles. The summed E-state index contributed by atoms with van der Waals surface area (Å²) in [6.07, 6.45) is 2.92. The van der Waals surface area contributed by atoms with Crippen molar-refractivity contribution in [2.45, 2.75) is 13.5 Å². The molecule has 0 aromatic heterocycles. The smallest absolute Gasteiger partial charge is 0.336 e. The fraction of sp³-hybridized carbons (Fsp3) is 0.0968. The van der Waals surface area contributed by atoms with E-state index in [0.717, 1.165) is 5.56 Å². The van der Waals surface area contributed by atoms with Gasteiger partial charge in [0, 0.05) is 32.9 Å². The first-order valence-corrected chi connectivity index (χ1v) is 13.8. The number of hydrogen-bond donors (Lipinski definition) is 1. The molecular formula is C31H24BrCl2NO5. The fourth-order valence-corrected chi connectivity index (χ4v) is 4.47. The Morgan fingerprint density at radius 1 is 0.925 bits per heavy atom. The van der Waals surface area contributed by atoms with Crippen LogP contribution in [0.1, 0.15) is 28.4 Å². The van der Waals surface area contributed by atoms with Crippen LogP contribution >= 0.6 is 39.1 Å². The largest absolute Gasteiger partial charge is 0.490 e. The summed E-state index contributed by atoms with van der Waals surface area (Å²) in [7, 11) is 0. The Morgan fingerprint density at radius 2 is 1.65 bits per heavy atom. The van der Waals surface area contributed by atoms with Crippen molar-refractivity contribution in [1.29, 1.82) is 0 Å². The third-order valence-corrected chi connectivity index (χ3v) is 6.72. The van der Waals surface area contributed by atoms with Gasteiger partial charge in [0.05, 0.1) is 11.1 Å². The standard InChI is InChI=1S/C31H24BrCl2NO5/c1-2-38-28-18-20(17-26(32)30(28)39-19-22-5-3-4-6-27(22)34)7-16-29(36)40-25-14-8-21(9-15-25)31(37)35-24-12-10-23(33)11-13-24/h3-18H,2,19H2,1H3,(H,35,37)/b16-7+. The number of nitrogens with one attached hydrogen (secondary N) is 1. The van der Waals surface area contributed by atoms with Crippen molar-refractivity contribution >= 4 is 62.8 Å². The summed E-state index contributed by atoms with van der Waals surface area (Å²) in [4.78, 5) is 24.9. The summed E-state index contributed by atoms with van der Waals surface area (Å²) >= 11 is 15.7. The highest BCUT2D eigenvalue weighted by Gasteiger charge is 2.13. The number of rotatable bonds is 10. The minimum atomic E-state index is -0.577. The average molecular weight is 641 g/mol. The van der Waals surface area contributed by atoms with Gasteiger partial charge in [0.15, 0.2) is 11.5 Å². The lowest BCUT2D eigenvalue weighted by molar-refractivity contribution is -0.128. The maximum atomic E-state index is 12.5. The highest BCUT2D eigenvalue weighted by atomic mass is 79.9. The van der Waals surface area contributed by atoms with E-state index in [-0.39, 0.29) is 12.5 Å². The van der Waals surface area contributed by atoms with E-state index in [1.54, 1.807) is 66.7 Å². The van der Waals surface area contributed by atoms with E-state index in [0.29, 0.717) is 55.2 Å². The van der Waals surface area contributed by atoms with Crippen LogP contribution in [0.25, 0.3) is 6.08 Å². The van der Waals surface area contributed by atoms with Gasteiger partial charge in [0.2, 0.25) is 0 Å². The second kappa shape index (κ2) is 14.0. The number of carbonyl (C=O) groups excluding carboxylic acids is 2. The summed E-state index contributed by atoms with van der Waals surface area (Å²) in [5, 5.41) is 3.98. The average Bonchev–Trinajstić information content (AvgIpc) is 2.94. The molecule has 0 aliphatic carbocycles. The summed E-state index contributed by atoms with van der Waals surface area (Å²) in [6.45, 7) is 2.57. The molecule has 4 aromatic carbocycles. The van der Waals surface area contributed by atoms with Crippen molar-refractivity contribution in [2.75, 3.05) is 11.9 Å². The van der Waals surface area contributed by atoms with Gasteiger partial charge in [-0.2, -0.15) is 0 Å². The monoisotopic (exact) mass is 639 g/mol. The molecule has 40 heavy (non-hydrogen) atoms. The Morgan fingerprint density at radius 3 is 2.35 bits per heavy atom. The number of anilines is 1. The quantitative estimate of drug-likeness (QED) is 0.107. The molecule has 0 radical (unpaired) electrons. The Balaban J connectivity index is 1.38. The number of halogens is 3. The van der Waals surface area contributed by atoms with Crippen LogP contribution in [0.5, 0.6) is 17.2 Å². The Bertz CT molecular complexity index is 1520. The molecule has 0 aliphatic heterocycles. The van der Waals surface area contributed by atoms with Crippen molar-refractivity contribution in [3.8, 4) is 17.2 Å². The van der Waals surface area contributed by atoms with Gasteiger partial charge in [0.1, 0.15) is 12.4 Å². The molecule has 0 aliphatic rings. The Hall–Kier alpha value is -3.78. The van der Waals surface area contributed by atoms with Gasteiger partial charge in [-0.25, -0.2) is 4.79 Å². The molecule has 0 atom stereocenters. The van der Waals surface area contributed by atoms with Crippen molar-refractivity contribution in [1.82, 2.24) is 0 Å². The van der Waals surface area contributed by atoms with Gasteiger partial charge in [-0.3, -0.25) is 4.79 Å². The zero-order chi connectivity index (χ0) is 28.5. The van der Waals surface area contributed by atoms with Crippen LogP contribution in [0, 0.1) is 0 Å². The summed E-state index contributed by atoms with van der Waals surface area (Å²) in [5.74, 6) is 0.477. The lowest BCUT2D eigenvalue weighted by Crippen LogP contribution is -2.11. The topological polar surface area (TPSA) is 73.9 Å². The van der Waals surface area contributed by atoms with Crippen molar-refractivity contribution in [2.24, 2.45) is 0 Å². The maximum absolute atomic E-state index is 12.5. The van der Waals surface area contributed by atoms with Crippen molar-refractivity contribution in [3.05, 3.63) is 122 Å². The molecule has 0 spiro atoms. The fourth-order valence-electron chi connectivity index (χ4n) is 3.58. The van der Waals surface area contributed by atoms with E-state index >= 15 is 0 Å². The van der Waals surface area contributed by atoms with Crippen LogP contribution in [0.15, 0.2) is 95.5 Å². The third-order valence-electron chi connectivity index (χ3n) is 5.51. The van der Waals surface area contributed by atoms with Crippen LogP contribution in [-0.2, 0) is 11.4 Å². The molecule has 4 aromatic rings. The van der Waals surface area contributed by atoms with Gasteiger partial charge < -0.3 is 19.5 Å². The van der Waals surface area contributed by atoms with E-state index in [1.165, 1.54) is 6.08 Å². The number of benzene rings is 4. The van der Waals surface area contributed by atoms with Crippen LogP contribution in [0.3, 0.4) is 0 Å². The molecule has 0 heterocycles. The molecule has 6 nitrogen and oxygen atoms in total. The van der Waals surface area contributed by atoms with Crippen LogP contribution in [0.4, 0.5) is 5.69 Å². The number of amides is 1. The predicted molar refractivity (Wildman–Crippen MR) is 162 cm³/mol. The molecule has 204 valence electrons. The van der Waals surface area contributed by atoms with Crippen LogP contribution in [0.2, 0.25) is 10.0 Å². The first-order chi connectivity index (χ1) is 19.3. The highest BCUT2D eigenvalue weighted by molar-refractivity contribution is 9.10. The zero-order valence-electron chi connectivity index (χ0n) is 21.3. The van der Waals surface area contributed by atoms with Crippen molar-refractivity contribution < 1.29 is 23.8 Å². The SMILES string of the molecule is CCOc1cc(/C=C/C(=O)Oc2ccc(C(=O)Nc3ccc(Cl)cc3)cc2)cc(Br)c1OCc1ccccc1Cl. The number of carbonyl (C=O) groups is 2. The Kier molecular flexibility index (Phi) is 10.2. The molecular weight excluding hydrogens is 617 g/mol. The van der Waals surface area contributed by atoms with Gasteiger partial charge in [0.25, 0.3) is 5.91 Å². The lowest BCUT2D eigenvalue weighted by atomic mass is 10.2. The van der Waals surface area contributed by atoms with Gasteiger partial charge in [-0.05, 0) is 101 Å². The number of esters is 1. The molecule has 0 fully saturated rings. The van der Waals surface area contributed by atoms with Gasteiger partial charge in [-0.15, -0.1) is 0 Å². The van der Waals surface area contributed by atoms with Gasteiger partial charge in [-0.1, -0.05) is 41.4 Å². The summed E-state index contributed by atoms with van der Waals surface area (Å²) < 4.78 is 17.8. The molecule has 1 N–H and O–H groups in total. The minimum absolute atomic E-state index is 0.265. The van der Waals surface area contributed by atoms with E-state index in [4.69, 9.17) is 37.4 Å². The molecule has 4 rings (SSSR count). The van der Waals surface area contributed by atoms with E-state index in [1.807, 2.05) is 31.2 Å². The summed E-state index contributed by atoms with van der Waals surface area (Å²) in [6, 6.07) is 24.1. The molecule has 0 bridgehead atoms. The zero-order valence-corrected chi connectivity index (χ0v) is 24.4. The Labute approximate surface area is 250 Å². The number of ether oxygens (including phenoxy) is 3. The molecule has 9 heteroatoms. The first kappa shape index (κ1) is 29.2.